The van der Waals surface area contributed by atoms with Crippen LogP contribution in [0.1, 0.15) is 12.5 Å². The van der Waals surface area contributed by atoms with E-state index in [0.29, 0.717) is 18.0 Å². The first-order valence-electron chi connectivity index (χ1n) is 5.91. The van der Waals surface area contributed by atoms with Gasteiger partial charge in [0.2, 0.25) is 15.9 Å². The van der Waals surface area contributed by atoms with Crippen LogP contribution < -0.4 is 10.0 Å². The van der Waals surface area contributed by atoms with E-state index in [-0.39, 0.29) is 18.2 Å². The van der Waals surface area contributed by atoms with Crippen LogP contribution >= 0.6 is 11.6 Å². The van der Waals surface area contributed by atoms with Gasteiger partial charge < -0.3 is 5.32 Å². The second-order valence-corrected chi connectivity index (χ2v) is 6.48. The lowest BCUT2D eigenvalue weighted by molar-refractivity contribution is -0.119. The Morgan fingerprint density at radius 1 is 1.26 bits per heavy atom. The quantitative estimate of drug-likeness (QED) is 0.787. The number of sulfonamides is 1. The average molecular weight is 305 g/mol. The summed E-state index contributed by atoms with van der Waals surface area (Å²) in [5, 5.41) is 3.31. The Kier molecular flexibility index (Phi) is 6.27. The number of nitrogens with one attached hydrogen (secondary N) is 2. The van der Waals surface area contributed by atoms with Gasteiger partial charge in [-0.05, 0) is 31.0 Å². The SMILES string of the molecule is CCS(=O)(=O)NCC(=O)NCCc1ccc(Cl)cc1. The molecule has 2 N–H and O–H groups in total. The lowest BCUT2D eigenvalue weighted by atomic mass is 10.1. The standard InChI is InChI=1S/C12H17ClN2O3S/c1-2-19(17,18)15-9-12(16)14-8-7-10-3-5-11(13)6-4-10/h3-6,15H,2,7-9H2,1H3,(H,14,16). The highest BCUT2D eigenvalue weighted by molar-refractivity contribution is 7.89. The van der Waals surface area contributed by atoms with Crippen molar-refractivity contribution in [2.75, 3.05) is 18.8 Å². The van der Waals surface area contributed by atoms with Crippen LogP contribution in [-0.2, 0) is 21.2 Å². The van der Waals surface area contributed by atoms with Crippen LogP contribution in [0.5, 0.6) is 0 Å². The fourth-order valence-corrected chi connectivity index (χ4v) is 2.02. The maximum Gasteiger partial charge on any atom is 0.235 e. The highest BCUT2D eigenvalue weighted by Gasteiger charge is 2.08. The molecule has 0 aromatic heterocycles. The molecule has 0 saturated carbocycles. The molecular weight excluding hydrogens is 288 g/mol. The molecule has 1 rings (SSSR count). The molecule has 0 fully saturated rings. The zero-order chi connectivity index (χ0) is 14.3. The Labute approximate surface area is 118 Å². The minimum atomic E-state index is -3.32. The van der Waals surface area contributed by atoms with Gasteiger partial charge in [-0.25, -0.2) is 13.1 Å². The van der Waals surface area contributed by atoms with Crippen LogP contribution in [0.15, 0.2) is 24.3 Å². The minimum Gasteiger partial charge on any atom is -0.355 e. The second-order valence-electron chi connectivity index (χ2n) is 3.95. The molecule has 1 aromatic rings. The molecule has 0 heterocycles. The Morgan fingerprint density at radius 3 is 2.47 bits per heavy atom. The van der Waals surface area contributed by atoms with Gasteiger partial charge in [-0.3, -0.25) is 4.79 Å². The summed E-state index contributed by atoms with van der Waals surface area (Å²) in [4.78, 5) is 11.4. The van der Waals surface area contributed by atoms with Gasteiger partial charge in [-0.2, -0.15) is 0 Å². The van der Waals surface area contributed by atoms with Gasteiger partial charge in [0.1, 0.15) is 0 Å². The first-order chi connectivity index (χ1) is 8.93. The summed E-state index contributed by atoms with van der Waals surface area (Å²) in [5.41, 5.74) is 1.05. The minimum absolute atomic E-state index is 0.0367. The van der Waals surface area contributed by atoms with Gasteiger partial charge in [-0.1, -0.05) is 23.7 Å². The van der Waals surface area contributed by atoms with Gasteiger partial charge in [0.25, 0.3) is 0 Å². The smallest absolute Gasteiger partial charge is 0.235 e. The molecule has 1 amide bonds. The van der Waals surface area contributed by atoms with E-state index >= 15 is 0 Å². The summed E-state index contributed by atoms with van der Waals surface area (Å²) in [7, 11) is -3.32. The summed E-state index contributed by atoms with van der Waals surface area (Å²) in [6.07, 6.45) is 0.670. The average Bonchev–Trinajstić information content (AvgIpc) is 2.39. The Balaban J connectivity index is 2.26. The lowest BCUT2D eigenvalue weighted by Gasteiger charge is -2.06. The fraction of sp³-hybridized carbons (Fsp3) is 0.417. The van der Waals surface area contributed by atoms with E-state index < -0.39 is 10.0 Å². The van der Waals surface area contributed by atoms with Gasteiger partial charge in [0.05, 0.1) is 12.3 Å². The molecule has 1 aromatic carbocycles. The van der Waals surface area contributed by atoms with E-state index in [9.17, 15) is 13.2 Å². The molecule has 5 nitrogen and oxygen atoms in total. The number of carbonyl (C=O) groups excluding carboxylic acids is 1. The molecule has 0 aliphatic carbocycles. The van der Waals surface area contributed by atoms with Crippen molar-refractivity contribution < 1.29 is 13.2 Å². The van der Waals surface area contributed by atoms with E-state index in [0.717, 1.165) is 5.56 Å². The van der Waals surface area contributed by atoms with Gasteiger partial charge in [0, 0.05) is 11.6 Å². The van der Waals surface area contributed by atoms with Crippen molar-refractivity contribution in [3.63, 3.8) is 0 Å². The number of hydrogen-bond donors (Lipinski definition) is 2. The molecule has 0 aliphatic rings. The molecule has 0 atom stereocenters. The monoisotopic (exact) mass is 304 g/mol. The van der Waals surface area contributed by atoms with E-state index in [1.807, 2.05) is 12.1 Å². The molecule has 19 heavy (non-hydrogen) atoms. The van der Waals surface area contributed by atoms with Gasteiger partial charge in [0.15, 0.2) is 0 Å². The van der Waals surface area contributed by atoms with E-state index in [2.05, 4.69) is 10.0 Å². The number of halogens is 1. The van der Waals surface area contributed by atoms with E-state index in [1.54, 1.807) is 12.1 Å². The first kappa shape index (κ1) is 15.9. The fourth-order valence-electron chi connectivity index (χ4n) is 1.34. The van der Waals surface area contributed by atoms with Crippen molar-refractivity contribution >= 4 is 27.5 Å². The highest BCUT2D eigenvalue weighted by Crippen LogP contribution is 2.09. The molecule has 0 unspecified atom stereocenters. The van der Waals surface area contributed by atoms with Crippen LogP contribution in [0.3, 0.4) is 0 Å². The maximum absolute atomic E-state index is 11.4. The molecule has 0 bridgehead atoms. The molecule has 106 valence electrons. The summed E-state index contributed by atoms with van der Waals surface area (Å²) in [5.74, 6) is -0.378. The van der Waals surface area contributed by atoms with Crippen molar-refractivity contribution in [2.45, 2.75) is 13.3 Å². The van der Waals surface area contributed by atoms with Crippen LogP contribution in [-0.4, -0.2) is 33.2 Å². The molecular formula is C12H17ClN2O3S. The van der Waals surface area contributed by atoms with Crippen molar-refractivity contribution in [1.82, 2.24) is 10.0 Å². The Morgan fingerprint density at radius 2 is 1.89 bits per heavy atom. The highest BCUT2D eigenvalue weighted by atomic mass is 35.5. The van der Waals surface area contributed by atoms with E-state index in [1.165, 1.54) is 6.92 Å². The van der Waals surface area contributed by atoms with Crippen molar-refractivity contribution in [2.24, 2.45) is 0 Å². The van der Waals surface area contributed by atoms with Crippen LogP contribution in [0.2, 0.25) is 5.02 Å². The molecule has 0 aliphatic heterocycles. The third kappa shape index (κ3) is 6.56. The van der Waals surface area contributed by atoms with Crippen molar-refractivity contribution in [1.29, 1.82) is 0 Å². The summed E-state index contributed by atoms with van der Waals surface area (Å²) >= 11 is 5.76. The van der Waals surface area contributed by atoms with Crippen LogP contribution in [0.4, 0.5) is 0 Å². The zero-order valence-corrected chi connectivity index (χ0v) is 12.2. The topological polar surface area (TPSA) is 75.3 Å². The maximum atomic E-state index is 11.4. The van der Waals surface area contributed by atoms with Crippen LogP contribution in [0, 0.1) is 0 Å². The Bertz CT molecular complexity index is 514. The number of benzene rings is 1. The second kappa shape index (κ2) is 7.47. The molecule has 7 heteroatoms. The molecule has 0 saturated heterocycles. The van der Waals surface area contributed by atoms with Gasteiger partial charge >= 0.3 is 0 Å². The summed E-state index contributed by atoms with van der Waals surface area (Å²) in [6.45, 7) is 1.74. The predicted octanol–water partition coefficient (Wildman–Crippen LogP) is 0.938. The normalized spacial score (nSPS) is 11.3. The lowest BCUT2D eigenvalue weighted by Crippen LogP contribution is -2.38. The van der Waals surface area contributed by atoms with E-state index in [4.69, 9.17) is 11.6 Å². The summed E-state index contributed by atoms with van der Waals surface area (Å²) in [6, 6.07) is 7.34. The number of carbonyl (C=O) groups is 1. The largest absolute Gasteiger partial charge is 0.355 e. The molecule has 0 radical (unpaired) electrons. The van der Waals surface area contributed by atoms with Gasteiger partial charge in [-0.15, -0.1) is 0 Å². The summed E-state index contributed by atoms with van der Waals surface area (Å²) < 4.78 is 24.5. The first-order valence-corrected chi connectivity index (χ1v) is 7.94. The number of hydrogen-bond acceptors (Lipinski definition) is 3. The predicted molar refractivity (Wildman–Crippen MR) is 75.6 cm³/mol. The van der Waals surface area contributed by atoms with Crippen molar-refractivity contribution in [3.8, 4) is 0 Å². The number of rotatable bonds is 7. The third-order valence-corrected chi connectivity index (χ3v) is 4.08. The zero-order valence-electron chi connectivity index (χ0n) is 10.6. The van der Waals surface area contributed by atoms with Crippen molar-refractivity contribution in [3.05, 3.63) is 34.9 Å². The molecule has 0 spiro atoms. The Hall–Kier alpha value is -1.11. The van der Waals surface area contributed by atoms with Crippen LogP contribution in [0.25, 0.3) is 0 Å². The third-order valence-electron chi connectivity index (χ3n) is 2.48. The number of amides is 1.